The highest BCUT2D eigenvalue weighted by Gasteiger charge is 2.46. The molecule has 0 amide bonds. The van der Waals surface area contributed by atoms with E-state index in [1.54, 1.807) is 0 Å². The number of rotatable bonds is 3. The van der Waals surface area contributed by atoms with E-state index in [1.807, 2.05) is 37.4 Å². The first-order valence-electron chi connectivity index (χ1n) is 7.15. The minimum absolute atomic E-state index is 0.0225. The Kier molecular flexibility index (Phi) is 4.21. The molecule has 3 atom stereocenters. The van der Waals surface area contributed by atoms with Crippen LogP contribution in [0.5, 0.6) is 0 Å². The summed E-state index contributed by atoms with van der Waals surface area (Å²) in [7, 11) is 0.894. The molecule has 0 radical (unpaired) electrons. The average Bonchev–Trinajstić information content (AvgIpc) is 2.95. The van der Waals surface area contributed by atoms with Gasteiger partial charge in [0.2, 0.25) is 0 Å². The lowest BCUT2D eigenvalue weighted by Gasteiger charge is -2.40. The number of hydrogen-bond acceptors (Lipinski definition) is 4. The van der Waals surface area contributed by atoms with Gasteiger partial charge < -0.3 is 14.8 Å². The zero-order chi connectivity index (χ0) is 14.0. The fourth-order valence-corrected chi connectivity index (χ4v) is 4.91. The van der Waals surface area contributed by atoms with Crippen molar-refractivity contribution in [3.05, 3.63) is 30.3 Å². The van der Waals surface area contributed by atoms with E-state index in [1.165, 1.54) is 0 Å². The van der Waals surface area contributed by atoms with E-state index in [0.29, 0.717) is 19.6 Å². The first kappa shape index (κ1) is 14.2. The van der Waals surface area contributed by atoms with Crippen molar-refractivity contribution in [1.82, 2.24) is 5.32 Å². The van der Waals surface area contributed by atoms with Gasteiger partial charge >= 0.3 is 0 Å². The number of ether oxygens (including phenoxy) is 2. The predicted octanol–water partition coefficient (Wildman–Crippen LogP) is 1.68. The number of benzene rings is 1. The molecular formula is C15H21NO3S. The molecule has 5 heteroatoms. The van der Waals surface area contributed by atoms with Gasteiger partial charge in [-0.2, -0.15) is 0 Å². The van der Waals surface area contributed by atoms with Crippen molar-refractivity contribution >= 4 is 10.8 Å². The zero-order valence-electron chi connectivity index (χ0n) is 11.7. The summed E-state index contributed by atoms with van der Waals surface area (Å²) in [4.78, 5) is 0.882. The van der Waals surface area contributed by atoms with E-state index < -0.39 is 16.6 Å². The molecule has 1 aromatic rings. The van der Waals surface area contributed by atoms with Gasteiger partial charge in [0.1, 0.15) is 0 Å². The Morgan fingerprint density at radius 3 is 2.60 bits per heavy atom. The van der Waals surface area contributed by atoms with Gasteiger partial charge in [-0.15, -0.1) is 0 Å². The molecule has 1 saturated heterocycles. The van der Waals surface area contributed by atoms with Gasteiger partial charge in [0.15, 0.2) is 5.79 Å². The van der Waals surface area contributed by atoms with E-state index in [2.05, 4.69) is 5.32 Å². The highest BCUT2D eigenvalue weighted by molar-refractivity contribution is 7.85. The summed E-state index contributed by atoms with van der Waals surface area (Å²) in [6.07, 6.45) is 2.50. The molecule has 3 unspecified atom stereocenters. The van der Waals surface area contributed by atoms with Gasteiger partial charge in [0.25, 0.3) is 0 Å². The molecule has 1 aliphatic carbocycles. The second kappa shape index (κ2) is 5.93. The largest absolute Gasteiger partial charge is 0.347 e. The van der Waals surface area contributed by atoms with Crippen molar-refractivity contribution in [2.24, 2.45) is 0 Å². The molecule has 1 spiro atoms. The summed E-state index contributed by atoms with van der Waals surface area (Å²) >= 11 is 0. The maximum Gasteiger partial charge on any atom is 0.169 e. The van der Waals surface area contributed by atoms with Crippen molar-refractivity contribution in [1.29, 1.82) is 0 Å². The van der Waals surface area contributed by atoms with Crippen LogP contribution >= 0.6 is 0 Å². The Hall–Kier alpha value is -0.750. The van der Waals surface area contributed by atoms with Crippen LogP contribution in [0.15, 0.2) is 35.2 Å². The summed E-state index contributed by atoms with van der Waals surface area (Å²) in [5.74, 6) is -0.498. The standard InChI is InChI=1S/C15H21NO3S/c1-16-13-7-8-15(18-9-10-19-15)11-14(13)20(17)12-5-3-2-4-6-12/h2-6,13-14,16H,7-11H2,1H3. The maximum atomic E-state index is 12.9. The molecule has 20 heavy (non-hydrogen) atoms. The molecule has 0 aromatic heterocycles. The number of hydrogen-bond donors (Lipinski definition) is 1. The minimum Gasteiger partial charge on any atom is -0.347 e. The molecule has 2 fully saturated rings. The Labute approximate surface area is 122 Å². The Bertz CT molecular complexity index is 473. The maximum absolute atomic E-state index is 12.9. The average molecular weight is 295 g/mol. The molecule has 1 heterocycles. The van der Waals surface area contributed by atoms with Crippen LogP contribution in [0.3, 0.4) is 0 Å². The van der Waals surface area contributed by atoms with Crippen LogP contribution in [0.25, 0.3) is 0 Å². The molecule has 110 valence electrons. The first-order chi connectivity index (χ1) is 9.74. The van der Waals surface area contributed by atoms with Crippen molar-refractivity contribution in [3.63, 3.8) is 0 Å². The van der Waals surface area contributed by atoms with Gasteiger partial charge in [-0.25, -0.2) is 0 Å². The van der Waals surface area contributed by atoms with Crippen LogP contribution < -0.4 is 5.32 Å². The highest BCUT2D eigenvalue weighted by atomic mass is 32.2. The topological polar surface area (TPSA) is 47.6 Å². The third kappa shape index (κ3) is 2.68. The monoisotopic (exact) mass is 295 g/mol. The van der Waals surface area contributed by atoms with Crippen LogP contribution in [0, 0.1) is 0 Å². The van der Waals surface area contributed by atoms with Crippen molar-refractivity contribution in [2.45, 2.75) is 41.2 Å². The molecule has 0 bridgehead atoms. The van der Waals surface area contributed by atoms with Gasteiger partial charge in [-0.05, 0) is 25.6 Å². The molecule has 3 rings (SSSR count). The lowest BCUT2D eigenvalue weighted by Crippen LogP contribution is -2.51. The SMILES string of the molecule is CNC1CCC2(CC1S(=O)c1ccccc1)OCCO2. The van der Waals surface area contributed by atoms with Crippen LogP contribution in [-0.4, -0.2) is 41.5 Å². The molecule has 1 saturated carbocycles. The van der Waals surface area contributed by atoms with Gasteiger partial charge in [0, 0.05) is 23.8 Å². The van der Waals surface area contributed by atoms with E-state index in [-0.39, 0.29) is 11.3 Å². The van der Waals surface area contributed by atoms with Gasteiger partial charge in [-0.1, -0.05) is 18.2 Å². The van der Waals surface area contributed by atoms with Gasteiger partial charge in [0.05, 0.1) is 29.3 Å². The van der Waals surface area contributed by atoms with Crippen LogP contribution in [0.2, 0.25) is 0 Å². The lowest BCUT2D eigenvalue weighted by molar-refractivity contribution is -0.178. The Morgan fingerprint density at radius 1 is 1.25 bits per heavy atom. The summed E-state index contributed by atoms with van der Waals surface area (Å²) in [6.45, 7) is 1.30. The molecule has 1 aliphatic heterocycles. The Morgan fingerprint density at radius 2 is 1.95 bits per heavy atom. The van der Waals surface area contributed by atoms with Crippen molar-refractivity contribution in [2.75, 3.05) is 20.3 Å². The second-order valence-electron chi connectivity index (χ2n) is 5.39. The van der Waals surface area contributed by atoms with E-state index in [9.17, 15) is 4.21 Å². The second-order valence-corrected chi connectivity index (χ2v) is 7.07. The third-order valence-electron chi connectivity index (χ3n) is 4.23. The normalized spacial score (nSPS) is 30.4. The van der Waals surface area contributed by atoms with Crippen LogP contribution in [0.1, 0.15) is 19.3 Å². The fourth-order valence-electron chi connectivity index (χ4n) is 3.16. The van der Waals surface area contributed by atoms with Crippen LogP contribution in [-0.2, 0) is 20.3 Å². The number of nitrogens with one attached hydrogen (secondary N) is 1. The highest BCUT2D eigenvalue weighted by Crippen LogP contribution is 2.38. The quantitative estimate of drug-likeness (QED) is 0.921. The predicted molar refractivity (Wildman–Crippen MR) is 78.0 cm³/mol. The van der Waals surface area contributed by atoms with Crippen molar-refractivity contribution < 1.29 is 13.7 Å². The van der Waals surface area contributed by atoms with E-state index in [0.717, 1.165) is 17.7 Å². The molecular weight excluding hydrogens is 274 g/mol. The Balaban J connectivity index is 1.82. The third-order valence-corrected chi connectivity index (χ3v) is 6.01. The fraction of sp³-hybridized carbons (Fsp3) is 0.600. The van der Waals surface area contributed by atoms with Crippen molar-refractivity contribution in [3.8, 4) is 0 Å². The van der Waals surface area contributed by atoms with E-state index >= 15 is 0 Å². The van der Waals surface area contributed by atoms with Crippen LogP contribution in [0.4, 0.5) is 0 Å². The summed E-state index contributed by atoms with van der Waals surface area (Å²) in [5, 5.41) is 3.33. The smallest absolute Gasteiger partial charge is 0.169 e. The summed E-state index contributed by atoms with van der Waals surface area (Å²) in [6, 6.07) is 9.92. The molecule has 1 aromatic carbocycles. The first-order valence-corrected chi connectivity index (χ1v) is 8.36. The molecule has 4 nitrogen and oxygen atoms in total. The lowest BCUT2D eigenvalue weighted by atomic mass is 9.89. The van der Waals surface area contributed by atoms with Gasteiger partial charge in [-0.3, -0.25) is 4.21 Å². The molecule has 1 N–H and O–H groups in total. The van der Waals surface area contributed by atoms with E-state index in [4.69, 9.17) is 9.47 Å². The summed E-state index contributed by atoms with van der Waals surface area (Å²) < 4.78 is 24.5. The summed E-state index contributed by atoms with van der Waals surface area (Å²) in [5.41, 5.74) is 0. The minimum atomic E-state index is -1.04. The zero-order valence-corrected chi connectivity index (χ0v) is 12.5. The molecule has 2 aliphatic rings.